The summed E-state index contributed by atoms with van der Waals surface area (Å²) in [5, 5.41) is 9.15. The molecule has 0 aliphatic heterocycles. The molecule has 2 rings (SSSR count). The smallest absolute Gasteiger partial charge is 0.340 e. The summed E-state index contributed by atoms with van der Waals surface area (Å²) >= 11 is 0. The van der Waals surface area contributed by atoms with Gasteiger partial charge in [-0.2, -0.15) is 0 Å². The maximum Gasteiger partial charge on any atom is 0.340 e. The van der Waals surface area contributed by atoms with Gasteiger partial charge in [0.25, 0.3) is 0 Å². The fourth-order valence-corrected chi connectivity index (χ4v) is 2.11. The molecule has 0 fully saturated rings. The van der Waals surface area contributed by atoms with E-state index in [9.17, 15) is 9.18 Å². The standard InChI is InChI=1S/C11H11FO3/c1-15-11(10(13)14)5-4-7-2-3-8(12)6-9(7)11/h2-3,6H,4-5H2,1H3,(H,13,14). The van der Waals surface area contributed by atoms with Crippen molar-refractivity contribution in [2.24, 2.45) is 0 Å². The summed E-state index contributed by atoms with van der Waals surface area (Å²) in [5.74, 6) is -1.49. The molecule has 1 atom stereocenters. The highest BCUT2D eigenvalue weighted by atomic mass is 19.1. The van der Waals surface area contributed by atoms with E-state index in [0.717, 1.165) is 5.56 Å². The zero-order valence-corrected chi connectivity index (χ0v) is 8.29. The molecule has 0 spiro atoms. The van der Waals surface area contributed by atoms with Crippen LogP contribution in [-0.2, 0) is 21.6 Å². The van der Waals surface area contributed by atoms with E-state index in [-0.39, 0.29) is 0 Å². The number of carboxylic acids is 1. The lowest BCUT2D eigenvalue weighted by Crippen LogP contribution is -2.35. The van der Waals surface area contributed by atoms with Crippen molar-refractivity contribution in [1.29, 1.82) is 0 Å². The Morgan fingerprint density at radius 2 is 2.33 bits per heavy atom. The Morgan fingerprint density at radius 3 is 2.93 bits per heavy atom. The average Bonchev–Trinajstić information content (AvgIpc) is 2.57. The topological polar surface area (TPSA) is 46.5 Å². The molecule has 1 aromatic carbocycles. The second-order valence-electron chi connectivity index (χ2n) is 3.64. The zero-order valence-electron chi connectivity index (χ0n) is 8.29. The molecule has 0 saturated carbocycles. The van der Waals surface area contributed by atoms with Gasteiger partial charge in [0.05, 0.1) is 0 Å². The maximum absolute atomic E-state index is 13.1. The van der Waals surface area contributed by atoms with E-state index in [2.05, 4.69) is 0 Å². The van der Waals surface area contributed by atoms with Crippen LogP contribution in [0.4, 0.5) is 4.39 Å². The summed E-state index contributed by atoms with van der Waals surface area (Å²) < 4.78 is 18.1. The molecule has 1 aromatic rings. The minimum Gasteiger partial charge on any atom is -0.479 e. The first-order valence-corrected chi connectivity index (χ1v) is 4.67. The number of hydrogen-bond donors (Lipinski definition) is 1. The summed E-state index contributed by atoms with van der Waals surface area (Å²) in [4.78, 5) is 11.2. The number of aryl methyl sites for hydroxylation is 1. The van der Waals surface area contributed by atoms with Crippen molar-refractivity contribution < 1.29 is 19.0 Å². The summed E-state index contributed by atoms with van der Waals surface area (Å²) in [5.41, 5.74) is -0.0737. The van der Waals surface area contributed by atoms with Crippen molar-refractivity contribution in [3.63, 3.8) is 0 Å². The van der Waals surface area contributed by atoms with E-state index >= 15 is 0 Å². The first-order chi connectivity index (χ1) is 7.10. The van der Waals surface area contributed by atoms with E-state index in [1.165, 1.54) is 19.2 Å². The van der Waals surface area contributed by atoms with Crippen LogP contribution in [0.2, 0.25) is 0 Å². The lowest BCUT2D eigenvalue weighted by molar-refractivity contribution is -0.163. The zero-order chi connectivity index (χ0) is 11.1. The number of ether oxygens (including phenoxy) is 1. The Labute approximate surface area is 86.5 Å². The third-order valence-electron chi connectivity index (χ3n) is 2.95. The van der Waals surface area contributed by atoms with Crippen LogP contribution in [0.1, 0.15) is 17.5 Å². The van der Waals surface area contributed by atoms with Crippen molar-refractivity contribution in [1.82, 2.24) is 0 Å². The molecule has 0 radical (unpaired) electrons. The van der Waals surface area contributed by atoms with Crippen LogP contribution >= 0.6 is 0 Å². The number of methoxy groups -OCH3 is 1. The Kier molecular flexibility index (Phi) is 2.23. The Balaban J connectivity index is 2.59. The third kappa shape index (κ3) is 1.33. The predicted octanol–water partition coefficient (Wildman–Crippen LogP) is 1.70. The van der Waals surface area contributed by atoms with E-state index < -0.39 is 17.4 Å². The highest BCUT2D eigenvalue weighted by Gasteiger charge is 2.46. The Morgan fingerprint density at radius 1 is 1.60 bits per heavy atom. The van der Waals surface area contributed by atoms with Gasteiger partial charge < -0.3 is 9.84 Å². The van der Waals surface area contributed by atoms with Crippen molar-refractivity contribution in [2.45, 2.75) is 18.4 Å². The van der Waals surface area contributed by atoms with Crippen molar-refractivity contribution >= 4 is 5.97 Å². The highest BCUT2D eigenvalue weighted by molar-refractivity contribution is 5.81. The minimum absolute atomic E-state index is 0.359. The van der Waals surface area contributed by atoms with Crippen LogP contribution < -0.4 is 0 Å². The number of aliphatic carboxylic acids is 1. The summed E-state index contributed by atoms with van der Waals surface area (Å²) in [7, 11) is 1.34. The number of carbonyl (C=O) groups is 1. The average molecular weight is 210 g/mol. The molecule has 1 unspecified atom stereocenters. The second kappa shape index (κ2) is 3.31. The van der Waals surface area contributed by atoms with Gasteiger partial charge >= 0.3 is 5.97 Å². The first kappa shape index (κ1) is 10.1. The molecule has 0 heterocycles. The molecule has 0 bridgehead atoms. The number of fused-ring (bicyclic) bond motifs is 1. The molecule has 1 N–H and O–H groups in total. The molecule has 3 nitrogen and oxygen atoms in total. The van der Waals surface area contributed by atoms with E-state index in [1.807, 2.05) is 0 Å². The van der Waals surface area contributed by atoms with Gasteiger partial charge in [-0.25, -0.2) is 9.18 Å². The molecular formula is C11H11FO3. The van der Waals surface area contributed by atoms with Gasteiger partial charge in [0, 0.05) is 12.7 Å². The molecule has 0 amide bonds. The van der Waals surface area contributed by atoms with Crippen LogP contribution in [0.5, 0.6) is 0 Å². The van der Waals surface area contributed by atoms with Crippen LogP contribution in [0.25, 0.3) is 0 Å². The number of hydrogen-bond acceptors (Lipinski definition) is 2. The van der Waals surface area contributed by atoms with Crippen LogP contribution in [0, 0.1) is 5.82 Å². The van der Waals surface area contributed by atoms with Crippen LogP contribution in [0.3, 0.4) is 0 Å². The van der Waals surface area contributed by atoms with Crippen molar-refractivity contribution in [3.05, 3.63) is 35.1 Å². The number of benzene rings is 1. The van der Waals surface area contributed by atoms with Gasteiger partial charge in [-0.1, -0.05) is 6.07 Å². The summed E-state index contributed by atoms with van der Waals surface area (Å²) in [6.45, 7) is 0. The quantitative estimate of drug-likeness (QED) is 0.808. The maximum atomic E-state index is 13.1. The van der Waals surface area contributed by atoms with Gasteiger partial charge in [0.1, 0.15) is 5.82 Å². The SMILES string of the molecule is COC1(C(=O)O)CCc2ccc(F)cc21. The largest absolute Gasteiger partial charge is 0.479 e. The molecule has 80 valence electrons. The second-order valence-corrected chi connectivity index (χ2v) is 3.64. The van der Waals surface area contributed by atoms with Crippen molar-refractivity contribution in [3.8, 4) is 0 Å². The van der Waals surface area contributed by atoms with Crippen LogP contribution in [-0.4, -0.2) is 18.2 Å². The van der Waals surface area contributed by atoms with E-state index in [1.54, 1.807) is 6.07 Å². The molecule has 4 heteroatoms. The Hall–Kier alpha value is -1.42. The summed E-state index contributed by atoms with van der Waals surface area (Å²) in [6.07, 6.45) is 0.966. The predicted molar refractivity (Wildman–Crippen MR) is 51.0 cm³/mol. The summed E-state index contributed by atoms with van der Waals surface area (Å²) in [6, 6.07) is 4.21. The Bertz CT molecular complexity index is 416. The van der Waals surface area contributed by atoms with Gasteiger partial charge in [0.15, 0.2) is 5.60 Å². The minimum atomic E-state index is -1.36. The lowest BCUT2D eigenvalue weighted by atomic mass is 9.96. The number of carboxylic acid groups (broad SMARTS) is 1. The van der Waals surface area contributed by atoms with Crippen molar-refractivity contribution in [2.75, 3.05) is 7.11 Å². The normalized spacial score (nSPS) is 23.9. The third-order valence-corrected chi connectivity index (χ3v) is 2.95. The van der Waals surface area contributed by atoms with E-state index in [4.69, 9.17) is 9.84 Å². The molecule has 1 aliphatic carbocycles. The first-order valence-electron chi connectivity index (χ1n) is 4.67. The lowest BCUT2D eigenvalue weighted by Gasteiger charge is -2.23. The fourth-order valence-electron chi connectivity index (χ4n) is 2.11. The molecule has 0 saturated heterocycles. The van der Waals surface area contributed by atoms with Crippen LogP contribution in [0.15, 0.2) is 18.2 Å². The van der Waals surface area contributed by atoms with Gasteiger partial charge in [0.2, 0.25) is 0 Å². The number of rotatable bonds is 2. The molecule has 1 aliphatic rings. The van der Waals surface area contributed by atoms with E-state index in [0.29, 0.717) is 18.4 Å². The number of halogens is 1. The molecule has 0 aromatic heterocycles. The van der Waals surface area contributed by atoms with Gasteiger partial charge in [-0.05, 0) is 30.5 Å². The van der Waals surface area contributed by atoms with Gasteiger partial charge in [-0.15, -0.1) is 0 Å². The fraction of sp³-hybridized carbons (Fsp3) is 0.364. The monoisotopic (exact) mass is 210 g/mol. The molecule has 15 heavy (non-hydrogen) atoms. The molecular weight excluding hydrogens is 199 g/mol. The highest BCUT2D eigenvalue weighted by Crippen LogP contribution is 2.40. The van der Waals surface area contributed by atoms with Gasteiger partial charge in [-0.3, -0.25) is 0 Å².